The van der Waals surface area contributed by atoms with Crippen molar-refractivity contribution in [2.24, 2.45) is 11.1 Å². The van der Waals surface area contributed by atoms with Gasteiger partial charge in [-0.05, 0) is 36.1 Å². The maximum Gasteiger partial charge on any atom is 0.231 e. The van der Waals surface area contributed by atoms with Gasteiger partial charge in [0, 0.05) is 29.0 Å². The Morgan fingerprint density at radius 1 is 1.07 bits per heavy atom. The molecule has 6 heteroatoms. The molecule has 0 saturated heterocycles. The number of benzene rings is 2. The number of fused-ring (bicyclic) bond motifs is 2. The minimum absolute atomic E-state index is 0.255. The van der Waals surface area contributed by atoms with E-state index in [9.17, 15) is 5.21 Å². The molecule has 3 aliphatic rings. The van der Waals surface area contributed by atoms with E-state index in [-0.39, 0.29) is 12.2 Å². The lowest BCUT2D eigenvalue weighted by Crippen LogP contribution is -2.30. The van der Waals surface area contributed by atoms with Crippen LogP contribution in [-0.4, -0.2) is 27.9 Å². The van der Waals surface area contributed by atoms with Crippen molar-refractivity contribution in [2.45, 2.75) is 24.7 Å². The lowest BCUT2D eigenvalue weighted by atomic mass is 9.68. The maximum atomic E-state index is 9.54. The van der Waals surface area contributed by atoms with Crippen LogP contribution in [0, 0.1) is 5.92 Å². The number of nitrogens with one attached hydrogen (secondary N) is 1. The van der Waals surface area contributed by atoms with Gasteiger partial charge in [-0.1, -0.05) is 53.7 Å². The number of hydrogen-bond donors (Lipinski definition) is 2. The highest BCUT2D eigenvalue weighted by molar-refractivity contribution is 6.04. The largest absolute Gasteiger partial charge is 0.454 e. The number of nitrogens with zero attached hydrogens (tertiary/aromatic N) is 2. The number of ether oxygens (including phenoxy) is 2. The molecule has 2 N–H and O–H groups in total. The molecule has 0 amide bonds. The highest BCUT2D eigenvalue weighted by Gasteiger charge is 2.39. The first kappa shape index (κ1) is 17.3. The highest BCUT2D eigenvalue weighted by atomic mass is 16.7. The van der Waals surface area contributed by atoms with Crippen LogP contribution in [0.4, 0.5) is 0 Å². The zero-order valence-corrected chi connectivity index (χ0v) is 16.3. The van der Waals surface area contributed by atoms with Gasteiger partial charge in [-0.2, -0.15) is 5.10 Å². The lowest BCUT2D eigenvalue weighted by molar-refractivity contribution is 0.174. The lowest BCUT2D eigenvalue weighted by Gasteiger charge is -2.34. The van der Waals surface area contributed by atoms with Gasteiger partial charge in [-0.25, -0.2) is 0 Å². The van der Waals surface area contributed by atoms with Gasteiger partial charge in [0.1, 0.15) is 11.4 Å². The normalized spacial score (nSPS) is 22.2. The Morgan fingerprint density at radius 3 is 2.70 bits per heavy atom. The smallest absolute Gasteiger partial charge is 0.231 e. The second-order valence-corrected chi connectivity index (χ2v) is 8.14. The Balaban J connectivity index is 1.49. The van der Waals surface area contributed by atoms with E-state index in [0.29, 0.717) is 11.6 Å². The molecule has 0 radical (unpaired) electrons. The van der Waals surface area contributed by atoms with E-state index in [1.54, 1.807) is 0 Å². The summed E-state index contributed by atoms with van der Waals surface area (Å²) in [5.74, 6) is 1.86. The summed E-state index contributed by atoms with van der Waals surface area (Å²) in [6.07, 6.45) is 7.18. The van der Waals surface area contributed by atoms with E-state index >= 15 is 0 Å². The molecule has 1 aliphatic heterocycles. The minimum atomic E-state index is -0.366. The second-order valence-electron chi connectivity index (χ2n) is 8.14. The number of rotatable bonds is 4. The topological polar surface area (TPSA) is 79.7 Å². The SMILES string of the molecule is ON=C(c1n[nH]c2c1C=CC(c1ccccc1)(c1ccc3c(c1)OCO3)C2)C1CC1. The molecule has 6 rings (SSSR count). The summed E-state index contributed by atoms with van der Waals surface area (Å²) in [4.78, 5) is 0. The average molecular weight is 399 g/mol. The fourth-order valence-corrected chi connectivity index (χ4v) is 4.61. The van der Waals surface area contributed by atoms with Crippen molar-refractivity contribution in [2.75, 3.05) is 6.79 Å². The summed E-state index contributed by atoms with van der Waals surface area (Å²) in [6.45, 7) is 0.255. The summed E-state index contributed by atoms with van der Waals surface area (Å²) < 4.78 is 11.2. The highest BCUT2D eigenvalue weighted by Crippen LogP contribution is 2.45. The summed E-state index contributed by atoms with van der Waals surface area (Å²) in [6, 6.07) is 16.6. The van der Waals surface area contributed by atoms with E-state index in [4.69, 9.17) is 9.47 Å². The Morgan fingerprint density at radius 2 is 1.90 bits per heavy atom. The van der Waals surface area contributed by atoms with Gasteiger partial charge in [0.25, 0.3) is 0 Å². The van der Waals surface area contributed by atoms with Crippen molar-refractivity contribution >= 4 is 11.8 Å². The van der Waals surface area contributed by atoms with Crippen LogP contribution in [-0.2, 0) is 11.8 Å². The van der Waals surface area contributed by atoms with Crippen molar-refractivity contribution in [3.63, 3.8) is 0 Å². The molecule has 3 aromatic rings. The van der Waals surface area contributed by atoms with Crippen LogP contribution >= 0.6 is 0 Å². The molecular weight excluding hydrogens is 378 g/mol. The Kier molecular flexibility index (Phi) is 3.75. The van der Waals surface area contributed by atoms with Crippen LogP contribution in [0.2, 0.25) is 0 Å². The van der Waals surface area contributed by atoms with Gasteiger partial charge in [0.05, 0.1) is 0 Å². The Hall–Kier alpha value is -3.54. The molecule has 1 aromatic heterocycles. The summed E-state index contributed by atoms with van der Waals surface area (Å²) in [7, 11) is 0. The van der Waals surface area contributed by atoms with Crippen molar-refractivity contribution in [1.82, 2.24) is 10.2 Å². The number of allylic oxidation sites excluding steroid dienone is 1. The summed E-state index contributed by atoms with van der Waals surface area (Å²) in [5.41, 5.74) is 5.47. The van der Waals surface area contributed by atoms with Crippen LogP contribution in [0.1, 0.15) is 40.9 Å². The molecule has 0 spiro atoms. The zero-order valence-electron chi connectivity index (χ0n) is 16.3. The van der Waals surface area contributed by atoms with Crippen molar-refractivity contribution < 1.29 is 14.7 Å². The van der Waals surface area contributed by atoms with Crippen LogP contribution in [0.3, 0.4) is 0 Å². The van der Waals surface area contributed by atoms with Gasteiger partial charge in [0.15, 0.2) is 11.5 Å². The molecule has 2 aliphatic carbocycles. The Labute approximate surface area is 173 Å². The fourth-order valence-electron chi connectivity index (χ4n) is 4.61. The molecule has 6 nitrogen and oxygen atoms in total. The molecule has 1 unspecified atom stereocenters. The number of hydrogen-bond acceptors (Lipinski definition) is 5. The summed E-state index contributed by atoms with van der Waals surface area (Å²) in [5, 5.41) is 20.9. The van der Waals surface area contributed by atoms with Crippen LogP contribution in [0.5, 0.6) is 11.5 Å². The third kappa shape index (κ3) is 2.56. The molecule has 0 bridgehead atoms. The number of aromatic nitrogens is 2. The monoisotopic (exact) mass is 399 g/mol. The molecule has 150 valence electrons. The first-order valence-electron chi connectivity index (χ1n) is 10.2. The van der Waals surface area contributed by atoms with Gasteiger partial charge in [-0.15, -0.1) is 0 Å². The second kappa shape index (κ2) is 6.49. The average Bonchev–Trinajstić information content (AvgIpc) is 3.37. The van der Waals surface area contributed by atoms with E-state index in [1.807, 2.05) is 12.1 Å². The number of oxime groups is 1. The Bertz CT molecular complexity index is 1180. The first-order valence-corrected chi connectivity index (χ1v) is 10.2. The van der Waals surface area contributed by atoms with Gasteiger partial charge < -0.3 is 14.7 Å². The molecule has 2 aromatic carbocycles. The summed E-state index contributed by atoms with van der Waals surface area (Å²) >= 11 is 0. The molecular formula is C24H21N3O3. The van der Waals surface area contributed by atoms with Gasteiger partial charge in [-0.3, -0.25) is 5.10 Å². The predicted molar refractivity (Wildman–Crippen MR) is 112 cm³/mol. The predicted octanol–water partition coefficient (Wildman–Crippen LogP) is 4.28. The zero-order chi connectivity index (χ0) is 20.1. The van der Waals surface area contributed by atoms with Crippen LogP contribution in [0.15, 0.2) is 59.8 Å². The van der Waals surface area contributed by atoms with Gasteiger partial charge in [0.2, 0.25) is 6.79 Å². The quantitative estimate of drug-likeness (QED) is 0.390. The van der Waals surface area contributed by atoms with Crippen molar-refractivity contribution in [3.8, 4) is 11.5 Å². The fraction of sp³-hybridized carbons (Fsp3) is 0.250. The molecule has 1 fully saturated rings. The standard InChI is InChI=1S/C24H21N3O3/c28-27-22(15-6-7-15)23-18-10-11-24(13-19(18)25-26-23,16-4-2-1-3-5-16)17-8-9-20-21(12-17)30-14-29-20/h1-5,8-12,15,28H,6-7,13-14H2,(H,25,26). The van der Waals surface area contributed by atoms with Crippen LogP contribution in [0.25, 0.3) is 6.08 Å². The van der Waals surface area contributed by atoms with E-state index in [0.717, 1.165) is 53.3 Å². The van der Waals surface area contributed by atoms with Crippen LogP contribution < -0.4 is 9.47 Å². The third-order valence-electron chi connectivity index (χ3n) is 6.36. The molecule has 1 saturated carbocycles. The molecule has 2 heterocycles. The third-order valence-corrected chi connectivity index (χ3v) is 6.36. The van der Waals surface area contributed by atoms with Crippen molar-refractivity contribution in [1.29, 1.82) is 0 Å². The van der Waals surface area contributed by atoms with E-state index in [1.165, 1.54) is 5.56 Å². The minimum Gasteiger partial charge on any atom is -0.454 e. The van der Waals surface area contributed by atoms with E-state index < -0.39 is 0 Å². The van der Waals surface area contributed by atoms with Gasteiger partial charge >= 0.3 is 0 Å². The van der Waals surface area contributed by atoms with Crippen molar-refractivity contribution in [3.05, 3.63) is 82.7 Å². The molecule has 1 atom stereocenters. The first-order chi connectivity index (χ1) is 14.8. The van der Waals surface area contributed by atoms with E-state index in [2.05, 4.69) is 63.9 Å². The molecule has 30 heavy (non-hydrogen) atoms. The number of H-pyrrole nitrogens is 1. The number of aromatic amines is 1. The maximum absolute atomic E-state index is 9.54.